The Morgan fingerprint density at radius 2 is 1.80 bits per heavy atom. The van der Waals surface area contributed by atoms with Crippen LogP contribution >= 0.6 is 0 Å². The lowest BCUT2D eigenvalue weighted by molar-refractivity contribution is -0.145. The zero-order valence-electron chi connectivity index (χ0n) is 12.5. The van der Waals surface area contributed by atoms with Crippen LogP contribution in [0.3, 0.4) is 0 Å². The molecule has 3 rings (SSSR count). The lowest BCUT2D eigenvalue weighted by Gasteiger charge is -2.36. The molecule has 1 aromatic rings. The van der Waals surface area contributed by atoms with Gasteiger partial charge in [0.05, 0.1) is 11.7 Å². The van der Waals surface area contributed by atoms with E-state index < -0.39 is 59.4 Å². The lowest BCUT2D eigenvalue weighted by Crippen LogP contribution is -2.53. The van der Waals surface area contributed by atoms with Crippen molar-refractivity contribution in [2.24, 2.45) is 11.7 Å². The number of hydrogen-bond donors (Lipinski definition) is 2. The van der Waals surface area contributed by atoms with E-state index >= 15 is 0 Å². The lowest BCUT2D eigenvalue weighted by atomic mass is 9.95. The molecule has 0 spiro atoms. The number of nitrogens with zero attached hydrogens (tertiary/aromatic N) is 2. The average molecular weight is 369 g/mol. The van der Waals surface area contributed by atoms with E-state index in [0.717, 1.165) is 4.90 Å². The van der Waals surface area contributed by atoms with Gasteiger partial charge in [0.15, 0.2) is 0 Å². The molecule has 2 fully saturated rings. The molecule has 1 amide bonds. The fraction of sp³-hybridized carbons (Fsp3) is 0.571. The SMILES string of the molecule is NC(=O)[C@@H]1[C@@H]2C[C@@H](C[C@H]2O)N1c1cc(C(F)(F)F)cc(C(F)(F)F)n1. The molecule has 5 nitrogen and oxygen atoms in total. The maximum absolute atomic E-state index is 13.0. The van der Waals surface area contributed by atoms with Crippen molar-refractivity contribution in [3.05, 3.63) is 23.4 Å². The number of primary amides is 1. The summed E-state index contributed by atoms with van der Waals surface area (Å²) in [6, 6.07) is -1.41. The largest absolute Gasteiger partial charge is 0.433 e. The number of halogens is 6. The van der Waals surface area contributed by atoms with E-state index in [2.05, 4.69) is 4.98 Å². The van der Waals surface area contributed by atoms with E-state index in [1.807, 2.05) is 0 Å². The van der Waals surface area contributed by atoms with E-state index in [1.165, 1.54) is 0 Å². The molecule has 2 bridgehead atoms. The molecule has 2 heterocycles. The third kappa shape index (κ3) is 3.00. The summed E-state index contributed by atoms with van der Waals surface area (Å²) in [5.41, 5.74) is 2.04. The first-order valence-electron chi connectivity index (χ1n) is 7.32. The summed E-state index contributed by atoms with van der Waals surface area (Å²) in [6.45, 7) is 0. The van der Waals surface area contributed by atoms with Crippen LogP contribution < -0.4 is 10.6 Å². The second kappa shape index (κ2) is 5.48. The number of carbonyl (C=O) groups is 1. The predicted octanol–water partition coefficient (Wildman–Crippen LogP) is 1.93. The number of nitrogens with two attached hydrogens (primary N) is 1. The summed E-state index contributed by atoms with van der Waals surface area (Å²) < 4.78 is 77.8. The van der Waals surface area contributed by atoms with Gasteiger partial charge in [-0.2, -0.15) is 26.3 Å². The molecule has 25 heavy (non-hydrogen) atoms. The van der Waals surface area contributed by atoms with Crippen LogP contribution in [0.4, 0.5) is 32.2 Å². The van der Waals surface area contributed by atoms with Crippen LogP contribution in [0.5, 0.6) is 0 Å². The number of amides is 1. The number of pyridine rings is 1. The van der Waals surface area contributed by atoms with Crippen molar-refractivity contribution in [1.82, 2.24) is 4.98 Å². The molecule has 0 radical (unpaired) electrons. The molecule has 0 unspecified atom stereocenters. The van der Waals surface area contributed by atoms with Crippen LogP contribution in [-0.4, -0.2) is 34.2 Å². The maximum Gasteiger partial charge on any atom is 0.433 e. The number of alkyl halides is 6. The Balaban J connectivity index is 2.11. The molecule has 11 heteroatoms. The van der Waals surface area contributed by atoms with Gasteiger partial charge in [-0.25, -0.2) is 4.98 Å². The van der Waals surface area contributed by atoms with E-state index in [4.69, 9.17) is 5.73 Å². The number of aliphatic hydroxyl groups is 1. The first kappa shape index (κ1) is 17.8. The van der Waals surface area contributed by atoms with Crippen molar-refractivity contribution in [3.63, 3.8) is 0 Å². The number of anilines is 1. The van der Waals surface area contributed by atoms with E-state index in [9.17, 15) is 36.2 Å². The zero-order valence-corrected chi connectivity index (χ0v) is 12.5. The summed E-state index contributed by atoms with van der Waals surface area (Å²) in [5, 5.41) is 9.86. The van der Waals surface area contributed by atoms with Gasteiger partial charge in [0.2, 0.25) is 5.91 Å². The Hall–Kier alpha value is -2.04. The standard InChI is InChI=1S/C14H13F6N3O2/c15-13(16,17)5-1-9(14(18,19)20)22-10(2-5)23-6-3-7(8(24)4-6)11(23)12(21)25/h1-2,6-8,11,24H,3-4H2,(H2,21,25)/t6-,7+,8+,11-/m0/s1. The second-order valence-electron chi connectivity index (χ2n) is 6.21. The molecule has 1 aromatic heterocycles. The molecule has 4 atom stereocenters. The van der Waals surface area contributed by atoms with Crippen molar-refractivity contribution in [2.45, 2.75) is 43.4 Å². The topological polar surface area (TPSA) is 79.5 Å². The van der Waals surface area contributed by atoms with E-state index in [0.29, 0.717) is 6.07 Å². The maximum atomic E-state index is 13.0. The average Bonchev–Trinajstić information content (AvgIpc) is 3.01. The van der Waals surface area contributed by atoms with Crippen LogP contribution in [0.1, 0.15) is 24.1 Å². The predicted molar refractivity (Wildman–Crippen MR) is 72.2 cm³/mol. The fourth-order valence-corrected chi connectivity index (χ4v) is 3.66. The third-order valence-electron chi connectivity index (χ3n) is 4.64. The zero-order chi connectivity index (χ0) is 18.7. The summed E-state index contributed by atoms with van der Waals surface area (Å²) in [5.74, 6) is -2.20. The Morgan fingerprint density at radius 3 is 2.32 bits per heavy atom. The molecule has 0 aromatic carbocycles. The summed E-state index contributed by atoms with van der Waals surface area (Å²) >= 11 is 0. The van der Waals surface area contributed by atoms with Crippen molar-refractivity contribution < 1.29 is 36.2 Å². The Bertz CT molecular complexity index is 673. The van der Waals surface area contributed by atoms with Gasteiger partial charge in [-0.1, -0.05) is 0 Å². The van der Waals surface area contributed by atoms with Gasteiger partial charge in [-0.3, -0.25) is 4.79 Å². The highest BCUT2D eigenvalue weighted by Crippen LogP contribution is 2.46. The van der Waals surface area contributed by atoms with Crippen LogP contribution in [0.15, 0.2) is 12.1 Å². The number of hydrogen-bond acceptors (Lipinski definition) is 4. The highest BCUT2D eigenvalue weighted by molar-refractivity contribution is 5.85. The Kier molecular flexibility index (Phi) is 3.90. The van der Waals surface area contributed by atoms with Crippen molar-refractivity contribution in [3.8, 4) is 0 Å². The molecular formula is C14H13F6N3O2. The minimum Gasteiger partial charge on any atom is -0.393 e. The van der Waals surface area contributed by atoms with E-state index in [1.54, 1.807) is 0 Å². The number of piperidine rings is 1. The van der Waals surface area contributed by atoms with Crippen molar-refractivity contribution in [2.75, 3.05) is 4.90 Å². The normalized spacial score (nSPS) is 29.3. The Morgan fingerprint density at radius 1 is 1.16 bits per heavy atom. The fourth-order valence-electron chi connectivity index (χ4n) is 3.66. The molecule has 1 saturated heterocycles. The highest BCUT2D eigenvalue weighted by Gasteiger charge is 2.54. The van der Waals surface area contributed by atoms with Crippen molar-refractivity contribution >= 4 is 11.7 Å². The number of aliphatic hydroxyl groups excluding tert-OH is 1. The second-order valence-corrected chi connectivity index (χ2v) is 6.21. The van der Waals surface area contributed by atoms with Gasteiger partial charge >= 0.3 is 12.4 Å². The molecular weight excluding hydrogens is 356 g/mol. The van der Waals surface area contributed by atoms with E-state index in [-0.39, 0.29) is 18.9 Å². The smallest absolute Gasteiger partial charge is 0.393 e. The van der Waals surface area contributed by atoms with Crippen LogP contribution in [0.2, 0.25) is 0 Å². The van der Waals surface area contributed by atoms with Gasteiger partial charge in [0.1, 0.15) is 17.6 Å². The summed E-state index contributed by atoms with van der Waals surface area (Å²) in [4.78, 5) is 16.0. The number of rotatable bonds is 2. The summed E-state index contributed by atoms with van der Waals surface area (Å²) in [6.07, 6.45) is -10.6. The number of aromatic nitrogens is 1. The molecule has 2 aliphatic rings. The van der Waals surface area contributed by atoms with Gasteiger partial charge in [-0.15, -0.1) is 0 Å². The minimum absolute atomic E-state index is 0.0774. The van der Waals surface area contributed by atoms with Crippen LogP contribution in [0.25, 0.3) is 0 Å². The van der Waals surface area contributed by atoms with Gasteiger partial charge in [-0.05, 0) is 25.0 Å². The minimum atomic E-state index is -5.09. The number of carbonyl (C=O) groups excluding carboxylic acids is 1. The molecule has 138 valence electrons. The quantitative estimate of drug-likeness (QED) is 0.781. The monoisotopic (exact) mass is 369 g/mol. The molecule has 3 N–H and O–H groups in total. The van der Waals surface area contributed by atoms with Crippen LogP contribution in [0, 0.1) is 5.92 Å². The highest BCUT2D eigenvalue weighted by atomic mass is 19.4. The molecule has 1 saturated carbocycles. The van der Waals surface area contributed by atoms with Crippen LogP contribution in [-0.2, 0) is 17.1 Å². The van der Waals surface area contributed by atoms with Gasteiger partial charge in [0, 0.05) is 12.0 Å². The molecule has 1 aliphatic heterocycles. The molecule has 1 aliphatic carbocycles. The Labute approximate surface area is 137 Å². The first-order valence-corrected chi connectivity index (χ1v) is 7.32. The van der Waals surface area contributed by atoms with Gasteiger partial charge < -0.3 is 15.7 Å². The van der Waals surface area contributed by atoms with Crippen molar-refractivity contribution in [1.29, 1.82) is 0 Å². The number of fused-ring (bicyclic) bond motifs is 2. The van der Waals surface area contributed by atoms with Gasteiger partial charge in [0.25, 0.3) is 0 Å². The third-order valence-corrected chi connectivity index (χ3v) is 4.64. The first-order chi connectivity index (χ1) is 11.4. The summed E-state index contributed by atoms with van der Waals surface area (Å²) in [7, 11) is 0.